The second-order valence-corrected chi connectivity index (χ2v) is 7.51. The summed E-state index contributed by atoms with van der Waals surface area (Å²) < 4.78 is 6.72. The Morgan fingerprint density at radius 2 is 1.91 bits per heavy atom. The van der Waals surface area contributed by atoms with E-state index < -0.39 is 24.4 Å². The molecule has 0 saturated carbocycles. The van der Waals surface area contributed by atoms with Crippen molar-refractivity contribution in [2.45, 2.75) is 13.8 Å². The summed E-state index contributed by atoms with van der Waals surface area (Å²) in [4.78, 5) is 42.0. The smallest absolute Gasteiger partial charge is 0.340 e. The number of pyridine rings is 1. The first kappa shape index (κ1) is 23.0. The van der Waals surface area contributed by atoms with Crippen molar-refractivity contribution in [1.82, 2.24) is 19.7 Å². The molecule has 2 amide bonds. The Balaban J connectivity index is 1.50. The highest BCUT2D eigenvalue weighted by Crippen LogP contribution is 2.20. The summed E-state index contributed by atoms with van der Waals surface area (Å²) in [6.45, 7) is 3.05. The first-order valence-corrected chi connectivity index (χ1v) is 10.1. The average Bonchev–Trinajstić information content (AvgIpc) is 3.11. The lowest BCUT2D eigenvalue weighted by Gasteiger charge is -2.17. The summed E-state index contributed by atoms with van der Waals surface area (Å²) in [5.74, 6) is -1.09. The zero-order valence-electron chi connectivity index (χ0n) is 17.8. The number of anilines is 1. The molecule has 0 atom stereocenters. The van der Waals surface area contributed by atoms with Gasteiger partial charge in [-0.05, 0) is 44.2 Å². The monoisotopic (exact) mass is 455 g/mol. The van der Waals surface area contributed by atoms with Crippen LogP contribution in [0.1, 0.15) is 21.7 Å². The normalized spacial score (nSPS) is 10.5. The number of rotatable bonds is 7. The molecule has 0 aliphatic heterocycles. The van der Waals surface area contributed by atoms with Gasteiger partial charge in [-0.3, -0.25) is 9.59 Å². The number of carbonyl (C=O) groups is 3. The van der Waals surface area contributed by atoms with Crippen LogP contribution < -0.4 is 5.32 Å². The Morgan fingerprint density at radius 3 is 2.53 bits per heavy atom. The molecule has 2 heterocycles. The number of aromatic nitrogens is 3. The zero-order chi connectivity index (χ0) is 23.3. The van der Waals surface area contributed by atoms with Crippen LogP contribution in [0.2, 0.25) is 5.02 Å². The standard InChI is InChI=1S/C22H22ClN5O4/c1-14-10-15(2)28(26-14)19-9-8-16(11-24-19)22(31)32-13-21(30)27(3)12-20(29)25-18-7-5-4-6-17(18)23/h4-11H,12-13H2,1-3H3,(H,25,29). The van der Waals surface area contributed by atoms with E-state index in [1.54, 1.807) is 41.1 Å². The molecule has 0 aliphatic rings. The van der Waals surface area contributed by atoms with Crippen molar-refractivity contribution in [3.8, 4) is 5.82 Å². The molecular formula is C22H22ClN5O4. The van der Waals surface area contributed by atoms with Gasteiger partial charge in [-0.15, -0.1) is 0 Å². The molecule has 3 aromatic rings. The fourth-order valence-electron chi connectivity index (χ4n) is 2.87. The summed E-state index contributed by atoms with van der Waals surface area (Å²) in [7, 11) is 1.44. The maximum Gasteiger partial charge on any atom is 0.340 e. The largest absolute Gasteiger partial charge is 0.452 e. The third kappa shape index (κ3) is 5.70. The minimum absolute atomic E-state index is 0.196. The number of likely N-dealkylation sites (N-methyl/N-ethyl adjacent to an activating group) is 1. The number of esters is 1. The molecule has 3 rings (SSSR count). The predicted octanol–water partition coefficient (Wildman–Crippen LogP) is 2.79. The molecule has 0 aliphatic carbocycles. The fourth-order valence-corrected chi connectivity index (χ4v) is 3.05. The maximum atomic E-state index is 12.2. The molecule has 0 saturated heterocycles. The van der Waals surface area contributed by atoms with Crippen molar-refractivity contribution >= 4 is 35.1 Å². The van der Waals surface area contributed by atoms with E-state index in [0.29, 0.717) is 16.5 Å². The van der Waals surface area contributed by atoms with Crippen molar-refractivity contribution in [1.29, 1.82) is 0 Å². The summed E-state index contributed by atoms with van der Waals surface area (Å²) in [5.41, 5.74) is 2.42. The summed E-state index contributed by atoms with van der Waals surface area (Å²) in [6, 6.07) is 11.9. The van der Waals surface area contributed by atoms with E-state index in [-0.39, 0.29) is 12.1 Å². The summed E-state index contributed by atoms with van der Waals surface area (Å²) >= 11 is 6.00. The number of hydrogen-bond acceptors (Lipinski definition) is 6. The molecule has 0 unspecified atom stereocenters. The van der Waals surface area contributed by atoms with Gasteiger partial charge in [0.05, 0.1) is 28.5 Å². The number of nitrogens with one attached hydrogen (secondary N) is 1. The Bertz CT molecular complexity index is 1140. The first-order valence-electron chi connectivity index (χ1n) is 9.69. The minimum Gasteiger partial charge on any atom is -0.452 e. The van der Waals surface area contributed by atoms with E-state index in [1.165, 1.54) is 13.2 Å². The molecule has 10 heteroatoms. The van der Waals surface area contributed by atoms with Crippen molar-refractivity contribution in [2.75, 3.05) is 25.5 Å². The number of nitrogens with zero attached hydrogens (tertiary/aromatic N) is 4. The maximum absolute atomic E-state index is 12.2. The van der Waals surface area contributed by atoms with Gasteiger partial charge in [0.2, 0.25) is 5.91 Å². The van der Waals surface area contributed by atoms with Gasteiger partial charge in [0.25, 0.3) is 5.91 Å². The van der Waals surface area contributed by atoms with Crippen LogP contribution in [0.15, 0.2) is 48.7 Å². The van der Waals surface area contributed by atoms with Crippen molar-refractivity contribution in [3.05, 3.63) is 70.6 Å². The van der Waals surface area contributed by atoms with Gasteiger partial charge in [-0.1, -0.05) is 23.7 Å². The quantitative estimate of drug-likeness (QED) is 0.549. The Hall–Kier alpha value is -3.72. The molecule has 9 nitrogen and oxygen atoms in total. The van der Waals surface area contributed by atoms with Crippen LogP contribution in [0, 0.1) is 13.8 Å². The van der Waals surface area contributed by atoms with Gasteiger partial charge >= 0.3 is 5.97 Å². The molecule has 32 heavy (non-hydrogen) atoms. The number of halogens is 1. The zero-order valence-corrected chi connectivity index (χ0v) is 18.6. The highest BCUT2D eigenvalue weighted by molar-refractivity contribution is 6.33. The second kappa shape index (κ2) is 10.1. The van der Waals surface area contributed by atoms with Crippen LogP contribution in [-0.4, -0.2) is 57.6 Å². The van der Waals surface area contributed by atoms with E-state index >= 15 is 0 Å². The van der Waals surface area contributed by atoms with Crippen LogP contribution >= 0.6 is 11.6 Å². The number of aryl methyl sites for hydroxylation is 2. The molecule has 0 radical (unpaired) electrons. The van der Waals surface area contributed by atoms with Gasteiger partial charge in [-0.25, -0.2) is 14.5 Å². The third-order valence-electron chi connectivity index (χ3n) is 4.49. The number of amides is 2. The van der Waals surface area contributed by atoms with Crippen LogP contribution in [0.4, 0.5) is 5.69 Å². The van der Waals surface area contributed by atoms with Gasteiger partial charge in [-0.2, -0.15) is 5.10 Å². The average molecular weight is 456 g/mol. The molecule has 1 aromatic carbocycles. The lowest BCUT2D eigenvalue weighted by atomic mass is 10.3. The van der Waals surface area contributed by atoms with Crippen LogP contribution in [0.3, 0.4) is 0 Å². The van der Waals surface area contributed by atoms with E-state index in [9.17, 15) is 14.4 Å². The van der Waals surface area contributed by atoms with Crippen molar-refractivity contribution in [2.24, 2.45) is 0 Å². The Labute approximate surface area is 190 Å². The Kier molecular flexibility index (Phi) is 7.21. The number of carbonyl (C=O) groups excluding carboxylic acids is 3. The fraction of sp³-hybridized carbons (Fsp3) is 0.227. The van der Waals surface area contributed by atoms with Crippen molar-refractivity contribution < 1.29 is 19.1 Å². The van der Waals surface area contributed by atoms with E-state index in [4.69, 9.17) is 16.3 Å². The predicted molar refractivity (Wildman–Crippen MR) is 119 cm³/mol. The van der Waals surface area contributed by atoms with Crippen LogP contribution in [0.25, 0.3) is 5.82 Å². The number of ether oxygens (including phenoxy) is 1. The molecule has 0 spiro atoms. The van der Waals surface area contributed by atoms with E-state index in [2.05, 4.69) is 15.4 Å². The molecule has 0 fully saturated rings. The van der Waals surface area contributed by atoms with Crippen LogP contribution in [-0.2, 0) is 14.3 Å². The first-order chi connectivity index (χ1) is 15.2. The molecule has 166 valence electrons. The van der Waals surface area contributed by atoms with Gasteiger partial charge < -0.3 is 15.0 Å². The lowest BCUT2D eigenvalue weighted by Crippen LogP contribution is -2.37. The molecule has 1 N–H and O–H groups in total. The lowest BCUT2D eigenvalue weighted by molar-refractivity contribution is -0.136. The summed E-state index contributed by atoms with van der Waals surface area (Å²) in [5, 5.41) is 7.35. The van der Waals surface area contributed by atoms with E-state index in [1.807, 2.05) is 19.9 Å². The SMILES string of the molecule is Cc1cc(C)n(-c2ccc(C(=O)OCC(=O)N(C)CC(=O)Nc3ccccc3Cl)cn2)n1. The van der Waals surface area contributed by atoms with Crippen LogP contribution in [0.5, 0.6) is 0 Å². The number of hydrogen-bond donors (Lipinski definition) is 1. The second-order valence-electron chi connectivity index (χ2n) is 7.10. The van der Waals surface area contributed by atoms with Gasteiger partial charge in [0.15, 0.2) is 12.4 Å². The topological polar surface area (TPSA) is 106 Å². The highest BCUT2D eigenvalue weighted by atomic mass is 35.5. The van der Waals surface area contributed by atoms with Crippen molar-refractivity contribution in [3.63, 3.8) is 0 Å². The molecular weight excluding hydrogens is 434 g/mol. The third-order valence-corrected chi connectivity index (χ3v) is 4.82. The molecule has 0 bridgehead atoms. The van der Waals surface area contributed by atoms with Gasteiger partial charge in [0, 0.05) is 18.9 Å². The summed E-state index contributed by atoms with van der Waals surface area (Å²) in [6.07, 6.45) is 1.36. The van der Waals surface area contributed by atoms with Gasteiger partial charge in [0.1, 0.15) is 0 Å². The highest BCUT2D eigenvalue weighted by Gasteiger charge is 2.17. The molecule has 2 aromatic heterocycles. The number of benzene rings is 1. The minimum atomic E-state index is -0.695. The Morgan fingerprint density at radius 1 is 1.16 bits per heavy atom. The van der Waals surface area contributed by atoms with E-state index in [0.717, 1.165) is 16.3 Å². The number of para-hydroxylation sites is 1.